The predicted octanol–water partition coefficient (Wildman–Crippen LogP) is 5.80. The summed E-state index contributed by atoms with van der Waals surface area (Å²) in [4.78, 5) is 11.7. The summed E-state index contributed by atoms with van der Waals surface area (Å²) in [6.45, 7) is 10.4. The van der Waals surface area contributed by atoms with E-state index in [4.69, 9.17) is 14.0 Å². The molecule has 3 unspecified atom stereocenters. The second kappa shape index (κ2) is 12.7. The van der Waals surface area contributed by atoms with Gasteiger partial charge in [0, 0.05) is 58.7 Å². The van der Waals surface area contributed by atoms with Gasteiger partial charge in [0.05, 0.1) is 7.11 Å². The third-order valence-corrected chi connectivity index (χ3v) is 6.83. The van der Waals surface area contributed by atoms with Gasteiger partial charge in [-0.3, -0.25) is 9.88 Å². The topological polar surface area (TPSA) is 56.8 Å². The van der Waals surface area contributed by atoms with E-state index in [0.29, 0.717) is 0 Å². The Bertz CT molecular complexity index is 826. The number of hydrogen-bond donors (Lipinski definition) is 1. The van der Waals surface area contributed by atoms with Crippen molar-refractivity contribution in [1.82, 2.24) is 5.09 Å². The van der Waals surface area contributed by atoms with Crippen LogP contribution in [-0.4, -0.2) is 19.1 Å². The number of carbonyl (C=O) groups is 1. The predicted molar refractivity (Wildman–Crippen MR) is 122 cm³/mol. The summed E-state index contributed by atoms with van der Waals surface area (Å²) >= 11 is 0. The molecule has 5 nitrogen and oxygen atoms in total. The first-order valence-corrected chi connectivity index (χ1v) is 11.8. The van der Waals surface area contributed by atoms with Crippen LogP contribution >= 0.6 is 8.96 Å². The van der Waals surface area contributed by atoms with Gasteiger partial charge in [0.25, 0.3) is 0 Å². The van der Waals surface area contributed by atoms with E-state index in [1.165, 1.54) is 31.1 Å². The van der Waals surface area contributed by atoms with Crippen LogP contribution in [0.2, 0.25) is 0 Å². The zero-order valence-electron chi connectivity index (χ0n) is 19.1. The van der Waals surface area contributed by atoms with Gasteiger partial charge in [-0.05, 0) is 57.2 Å². The Balaban J connectivity index is 0.00000341. The number of fused-ring (bicyclic) bond motifs is 3. The molecule has 167 valence electrons. The van der Waals surface area contributed by atoms with Crippen LogP contribution in [0.5, 0.6) is 11.5 Å². The number of allylic oxidation sites excluding steroid dienone is 3. The maximum absolute atomic E-state index is 11.7. The average Bonchev–Trinajstić information content (AvgIpc) is 2.72. The van der Waals surface area contributed by atoms with Crippen LogP contribution < -0.4 is 14.3 Å². The number of hydrogen-bond acceptors (Lipinski definition) is 5. The monoisotopic (exact) mass is 572 g/mol. The third kappa shape index (κ3) is 6.76. The average molecular weight is 572 g/mol. The number of ether oxygens (including phenoxy) is 2. The molecule has 3 rings (SSSR count). The Kier molecular flexibility index (Phi) is 11.0. The molecule has 1 radical (unpaired) electrons. The van der Waals surface area contributed by atoms with Crippen molar-refractivity contribution >= 4 is 14.9 Å². The van der Waals surface area contributed by atoms with Gasteiger partial charge in [-0.2, -0.15) is 0 Å². The Morgan fingerprint density at radius 2 is 2.16 bits per heavy atom. The summed E-state index contributed by atoms with van der Waals surface area (Å²) in [7, 11) is 1.34. The van der Waals surface area contributed by atoms with Gasteiger partial charge in [-0.25, -0.2) is 0 Å². The maximum Gasteiger partial charge on any atom is 0.322 e. The second-order valence-electron chi connectivity index (χ2n) is 8.31. The van der Waals surface area contributed by atoms with Crippen LogP contribution in [0.15, 0.2) is 36.1 Å². The maximum atomic E-state index is 11.7. The number of esters is 1. The largest absolute Gasteiger partial charge is 0.468 e. The first kappa shape index (κ1) is 26.8. The summed E-state index contributed by atoms with van der Waals surface area (Å²) < 4.78 is 17.2. The molecule has 0 amide bonds. The van der Waals surface area contributed by atoms with Gasteiger partial charge >= 0.3 is 5.97 Å². The summed E-state index contributed by atoms with van der Waals surface area (Å²) in [6.07, 6.45) is 8.98. The van der Waals surface area contributed by atoms with Crippen molar-refractivity contribution in [2.24, 2.45) is 5.92 Å². The number of methoxy groups -OCH3 is 1. The molecule has 1 aliphatic carbocycles. The fourth-order valence-corrected chi connectivity index (χ4v) is 4.85. The van der Waals surface area contributed by atoms with Gasteiger partial charge < -0.3 is 14.0 Å². The van der Waals surface area contributed by atoms with Crippen LogP contribution in [0, 0.1) is 47.2 Å². The first-order chi connectivity index (χ1) is 14.4. The van der Waals surface area contributed by atoms with Gasteiger partial charge in [0.2, 0.25) is 0 Å². The number of benzene rings is 1. The minimum absolute atomic E-state index is 0. The zero-order valence-corrected chi connectivity index (χ0v) is 23.8. The molecule has 7 heteroatoms. The van der Waals surface area contributed by atoms with Gasteiger partial charge in [-0.15, -0.1) is 0 Å². The van der Waals surface area contributed by atoms with E-state index in [1.807, 2.05) is 0 Å². The summed E-state index contributed by atoms with van der Waals surface area (Å²) in [6, 6.07) is 3.89. The van der Waals surface area contributed by atoms with Crippen LogP contribution in [-0.2, 0) is 16.0 Å². The van der Waals surface area contributed by atoms with E-state index < -0.39 is 6.04 Å². The zero-order chi connectivity index (χ0) is 21.7. The Hall–Kier alpha value is -0.476. The molecule has 1 aliphatic heterocycles. The van der Waals surface area contributed by atoms with Crippen molar-refractivity contribution in [1.29, 1.82) is 0 Å². The minimum atomic E-state index is -0.419. The van der Waals surface area contributed by atoms with Crippen molar-refractivity contribution in [2.75, 3.05) is 7.11 Å². The van der Waals surface area contributed by atoms with E-state index in [9.17, 15) is 4.79 Å². The van der Waals surface area contributed by atoms with Crippen molar-refractivity contribution in [3.8, 4) is 11.5 Å². The van der Waals surface area contributed by atoms with Crippen molar-refractivity contribution in [3.05, 3.63) is 47.2 Å². The quantitative estimate of drug-likeness (QED) is 0.175. The SMILES string of the molecule is C=C1Oc2cc(CCCCC)cc(OPN[C@@H](C)C(=O)OC)c2C2C=C(C)CCC12.[Pr]. The number of nitrogens with one attached hydrogen (secondary N) is 1. The Morgan fingerprint density at radius 1 is 1.39 bits per heavy atom. The van der Waals surface area contributed by atoms with Gasteiger partial charge in [-0.1, -0.05) is 38.0 Å². The number of carbonyl (C=O) groups excluding carboxylic acids is 1. The molecule has 1 N–H and O–H groups in total. The number of unbranched alkanes of at least 4 members (excludes halogenated alkanes) is 2. The van der Waals surface area contributed by atoms with Crippen LogP contribution in [0.4, 0.5) is 0 Å². The molecule has 4 atom stereocenters. The molecule has 2 aliphatic rings. The molecule has 1 heterocycles. The fourth-order valence-electron chi connectivity index (χ4n) is 4.22. The van der Waals surface area contributed by atoms with E-state index in [0.717, 1.165) is 48.5 Å². The summed E-state index contributed by atoms with van der Waals surface area (Å²) in [5, 5.41) is 3.11. The number of aryl methyl sites for hydroxylation is 1. The van der Waals surface area contributed by atoms with E-state index >= 15 is 0 Å². The third-order valence-electron chi connectivity index (χ3n) is 5.96. The van der Waals surface area contributed by atoms with E-state index in [1.54, 1.807) is 6.92 Å². The van der Waals surface area contributed by atoms with Crippen LogP contribution in [0.25, 0.3) is 0 Å². The molecule has 0 saturated carbocycles. The molecule has 1 aromatic carbocycles. The van der Waals surface area contributed by atoms with E-state index in [-0.39, 0.29) is 68.1 Å². The molecule has 0 fully saturated rings. The van der Waals surface area contributed by atoms with Crippen molar-refractivity contribution in [2.45, 2.75) is 71.3 Å². The molecule has 1 aromatic rings. The van der Waals surface area contributed by atoms with Crippen molar-refractivity contribution < 1.29 is 60.1 Å². The molecule has 31 heavy (non-hydrogen) atoms. The molecular weight excluding hydrogens is 538 g/mol. The van der Waals surface area contributed by atoms with Crippen LogP contribution in [0.3, 0.4) is 0 Å². The smallest absolute Gasteiger partial charge is 0.322 e. The first-order valence-electron chi connectivity index (χ1n) is 10.9. The standard InChI is InChI=1S/C24H34NO4P.Pr/c1-6-7-8-9-18-13-21-23(20-12-15(2)10-11-19(20)17(4)28-21)22(14-18)29-30-25-16(3)24(26)27-5;/h12-14,16,19-20,25,30H,4,6-11H2,1-3,5H3;/t16-,19?,20?;/m0./s1. The fraction of sp³-hybridized carbons (Fsp3) is 0.542. The summed E-state index contributed by atoms with van der Waals surface area (Å²) in [5.41, 5.74) is 3.71. The van der Waals surface area contributed by atoms with Crippen LogP contribution in [0.1, 0.15) is 69.9 Å². The van der Waals surface area contributed by atoms with E-state index in [2.05, 4.69) is 43.7 Å². The molecular formula is C24H34NO4PPr. The van der Waals surface area contributed by atoms with Gasteiger partial charge in [0.1, 0.15) is 32.3 Å². The molecule has 0 saturated heterocycles. The Morgan fingerprint density at radius 3 is 2.87 bits per heavy atom. The minimum Gasteiger partial charge on any atom is -0.468 e. The molecule has 0 aromatic heterocycles. The number of rotatable bonds is 9. The Labute approximate surface area is 221 Å². The normalized spacial score (nSPS) is 20.8. The summed E-state index contributed by atoms with van der Waals surface area (Å²) in [5.74, 6) is 2.76. The second-order valence-corrected chi connectivity index (χ2v) is 9.01. The molecule has 0 spiro atoms. The molecule has 0 bridgehead atoms. The van der Waals surface area contributed by atoms with Gasteiger partial charge in [0.15, 0.2) is 0 Å². The van der Waals surface area contributed by atoms with Crippen molar-refractivity contribution in [3.63, 3.8) is 0 Å².